The van der Waals surface area contributed by atoms with E-state index >= 15 is 0 Å². The molecule has 0 aliphatic rings. The van der Waals surface area contributed by atoms with Crippen LogP contribution >= 0.6 is 0 Å². The van der Waals surface area contributed by atoms with Crippen molar-refractivity contribution in [1.82, 2.24) is 4.98 Å². The van der Waals surface area contributed by atoms with Crippen LogP contribution in [-0.4, -0.2) is 28.1 Å². The average Bonchev–Trinajstić information content (AvgIpc) is 2.14. The van der Waals surface area contributed by atoms with Gasteiger partial charge in [-0.3, -0.25) is 4.79 Å². The zero-order chi connectivity index (χ0) is 13.1. The number of amides is 1. The van der Waals surface area contributed by atoms with Gasteiger partial charge in [-0.2, -0.15) is 13.2 Å². The number of carbonyl (C=O) groups is 2. The number of anilines is 1. The van der Waals surface area contributed by atoms with Gasteiger partial charge in [-0.05, 0) is 12.1 Å². The Balaban J connectivity index is 2.72. The maximum atomic E-state index is 11.8. The second kappa shape index (κ2) is 4.81. The molecule has 0 unspecified atom stereocenters. The molecule has 0 aromatic carbocycles. The molecule has 0 aliphatic heterocycles. The van der Waals surface area contributed by atoms with Gasteiger partial charge in [0.15, 0.2) is 5.69 Å². The number of hydrogen-bond donors (Lipinski definition) is 2. The first kappa shape index (κ1) is 12.9. The van der Waals surface area contributed by atoms with Crippen LogP contribution in [0.25, 0.3) is 0 Å². The lowest BCUT2D eigenvalue weighted by Crippen LogP contribution is -2.21. The molecule has 0 saturated carbocycles. The molecule has 0 saturated heterocycles. The van der Waals surface area contributed by atoms with Gasteiger partial charge in [0.05, 0.1) is 0 Å². The SMILES string of the molecule is O=C(CC(F)(F)F)Nc1cccc(C(=O)O)n1. The third-order valence-corrected chi connectivity index (χ3v) is 1.60. The van der Waals surface area contributed by atoms with Crippen LogP contribution < -0.4 is 5.32 Å². The molecule has 1 rings (SSSR count). The summed E-state index contributed by atoms with van der Waals surface area (Å²) in [6.07, 6.45) is -6.26. The Hall–Kier alpha value is -2.12. The van der Waals surface area contributed by atoms with E-state index in [1.165, 1.54) is 12.1 Å². The highest BCUT2D eigenvalue weighted by Gasteiger charge is 2.31. The fourth-order valence-corrected chi connectivity index (χ4v) is 0.993. The number of alkyl halides is 3. The number of nitrogens with zero attached hydrogens (tertiary/aromatic N) is 1. The number of aromatic carboxylic acids is 1. The van der Waals surface area contributed by atoms with Crippen molar-refractivity contribution in [2.24, 2.45) is 0 Å². The second-order valence-corrected chi connectivity index (χ2v) is 3.05. The summed E-state index contributed by atoms with van der Waals surface area (Å²) in [6, 6.07) is 3.61. The van der Waals surface area contributed by atoms with Gasteiger partial charge in [-0.15, -0.1) is 0 Å². The summed E-state index contributed by atoms with van der Waals surface area (Å²) < 4.78 is 35.5. The smallest absolute Gasteiger partial charge is 0.397 e. The van der Waals surface area contributed by atoms with E-state index in [0.29, 0.717) is 0 Å². The van der Waals surface area contributed by atoms with Crippen LogP contribution in [0.1, 0.15) is 16.9 Å². The predicted molar refractivity (Wildman–Crippen MR) is 50.5 cm³/mol. The molecule has 0 radical (unpaired) electrons. The van der Waals surface area contributed by atoms with E-state index < -0.39 is 24.5 Å². The summed E-state index contributed by atoms with van der Waals surface area (Å²) in [6.45, 7) is 0. The molecule has 2 N–H and O–H groups in total. The molecule has 0 atom stereocenters. The fourth-order valence-electron chi connectivity index (χ4n) is 0.993. The maximum Gasteiger partial charge on any atom is 0.397 e. The van der Waals surface area contributed by atoms with Crippen LogP contribution in [0.4, 0.5) is 19.0 Å². The highest BCUT2D eigenvalue weighted by molar-refractivity contribution is 5.91. The molecule has 17 heavy (non-hydrogen) atoms. The van der Waals surface area contributed by atoms with Gasteiger partial charge in [0.25, 0.3) is 0 Å². The highest BCUT2D eigenvalue weighted by atomic mass is 19.4. The minimum Gasteiger partial charge on any atom is -0.477 e. The van der Waals surface area contributed by atoms with E-state index in [0.717, 1.165) is 6.07 Å². The number of carboxylic acids is 1. The van der Waals surface area contributed by atoms with Gasteiger partial charge in [0.1, 0.15) is 12.2 Å². The summed E-state index contributed by atoms with van der Waals surface area (Å²) in [5, 5.41) is 10.4. The largest absolute Gasteiger partial charge is 0.477 e. The van der Waals surface area contributed by atoms with Gasteiger partial charge >= 0.3 is 12.1 Å². The first-order valence-corrected chi connectivity index (χ1v) is 4.35. The molecule has 1 heterocycles. The van der Waals surface area contributed by atoms with Crippen molar-refractivity contribution in [3.8, 4) is 0 Å². The first-order valence-electron chi connectivity index (χ1n) is 4.35. The maximum absolute atomic E-state index is 11.8. The number of nitrogens with one attached hydrogen (secondary N) is 1. The molecule has 8 heteroatoms. The molecule has 0 aliphatic carbocycles. The third kappa shape index (κ3) is 4.49. The number of pyridine rings is 1. The summed E-state index contributed by atoms with van der Waals surface area (Å²) in [5.74, 6) is -2.87. The predicted octanol–water partition coefficient (Wildman–Crippen LogP) is 1.67. The average molecular weight is 248 g/mol. The zero-order valence-electron chi connectivity index (χ0n) is 8.28. The third-order valence-electron chi connectivity index (χ3n) is 1.60. The summed E-state index contributed by atoms with van der Waals surface area (Å²) in [4.78, 5) is 24.8. The van der Waals surface area contributed by atoms with Crippen LogP contribution in [0.2, 0.25) is 0 Å². The van der Waals surface area contributed by atoms with E-state index in [9.17, 15) is 22.8 Å². The number of halogens is 3. The number of aromatic nitrogens is 1. The molecule has 1 amide bonds. The van der Waals surface area contributed by atoms with Crippen LogP contribution in [0.15, 0.2) is 18.2 Å². The minimum absolute atomic E-state index is 0.237. The van der Waals surface area contributed by atoms with Gasteiger partial charge in [-0.25, -0.2) is 9.78 Å². The Morgan fingerprint density at radius 3 is 2.53 bits per heavy atom. The molecule has 92 valence electrons. The van der Waals surface area contributed by atoms with Gasteiger partial charge in [0, 0.05) is 0 Å². The Morgan fingerprint density at radius 1 is 1.35 bits per heavy atom. The van der Waals surface area contributed by atoms with Crippen molar-refractivity contribution in [3.63, 3.8) is 0 Å². The van der Waals surface area contributed by atoms with E-state index in [2.05, 4.69) is 4.98 Å². The minimum atomic E-state index is -4.62. The summed E-state index contributed by atoms with van der Waals surface area (Å²) >= 11 is 0. The summed E-state index contributed by atoms with van der Waals surface area (Å²) in [7, 11) is 0. The van der Waals surface area contributed by atoms with Crippen molar-refractivity contribution < 1.29 is 27.9 Å². The second-order valence-electron chi connectivity index (χ2n) is 3.05. The Bertz CT molecular complexity index is 445. The normalized spacial score (nSPS) is 11.0. The summed E-state index contributed by atoms with van der Waals surface area (Å²) in [5.41, 5.74) is -0.366. The number of carboxylic acid groups (broad SMARTS) is 1. The van der Waals surface area contributed by atoms with E-state index in [4.69, 9.17) is 5.11 Å². The number of rotatable bonds is 3. The van der Waals surface area contributed by atoms with Gasteiger partial charge in [-0.1, -0.05) is 6.07 Å². The Kier molecular flexibility index (Phi) is 3.66. The van der Waals surface area contributed by atoms with Gasteiger partial charge in [0.2, 0.25) is 5.91 Å². The van der Waals surface area contributed by atoms with E-state index in [-0.39, 0.29) is 11.5 Å². The van der Waals surface area contributed by atoms with Crippen LogP contribution in [0.3, 0.4) is 0 Å². The van der Waals surface area contributed by atoms with Crippen molar-refractivity contribution in [1.29, 1.82) is 0 Å². The van der Waals surface area contributed by atoms with Gasteiger partial charge < -0.3 is 10.4 Å². The molecule has 5 nitrogen and oxygen atoms in total. The van der Waals surface area contributed by atoms with Crippen molar-refractivity contribution in [2.75, 3.05) is 5.32 Å². The van der Waals surface area contributed by atoms with Crippen molar-refractivity contribution in [3.05, 3.63) is 23.9 Å². The van der Waals surface area contributed by atoms with E-state index in [1.54, 1.807) is 0 Å². The lowest BCUT2D eigenvalue weighted by atomic mass is 10.3. The topological polar surface area (TPSA) is 79.3 Å². The number of hydrogen-bond acceptors (Lipinski definition) is 3. The molecular weight excluding hydrogens is 241 g/mol. The fraction of sp³-hybridized carbons (Fsp3) is 0.222. The zero-order valence-corrected chi connectivity index (χ0v) is 8.28. The molecule has 1 aromatic rings. The van der Waals surface area contributed by atoms with Crippen molar-refractivity contribution in [2.45, 2.75) is 12.6 Å². The molecule has 1 aromatic heterocycles. The first-order chi connectivity index (χ1) is 7.78. The Morgan fingerprint density at radius 2 is 2.00 bits per heavy atom. The van der Waals surface area contributed by atoms with Crippen molar-refractivity contribution >= 4 is 17.7 Å². The molecular formula is C9H7F3N2O3. The van der Waals surface area contributed by atoms with Crippen LogP contribution in [-0.2, 0) is 4.79 Å². The lowest BCUT2D eigenvalue weighted by molar-refractivity contribution is -0.150. The standard InChI is InChI=1S/C9H7F3N2O3/c10-9(11,12)4-7(15)14-6-3-1-2-5(13-6)8(16)17/h1-3H,4H2,(H,16,17)(H,13,14,15). The quantitative estimate of drug-likeness (QED) is 0.852. The monoisotopic (exact) mass is 248 g/mol. The molecule has 0 spiro atoms. The highest BCUT2D eigenvalue weighted by Crippen LogP contribution is 2.20. The Labute approximate surface area is 93.3 Å². The molecule has 0 fully saturated rings. The number of carbonyl (C=O) groups excluding carboxylic acids is 1. The molecule has 0 bridgehead atoms. The van der Waals surface area contributed by atoms with E-state index in [1.807, 2.05) is 5.32 Å². The van der Waals surface area contributed by atoms with Crippen LogP contribution in [0.5, 0.6) is 0 Å². The lowest BCUT2D eigenvalue weighted by Gasteiger charge is -2.07. The van der Waals surface area contributed by atoms with Crippen LogP contribution in [0, 0.1) is 0 Å².